The smallest absolute Gasteiger partial charge is 0.306 e. The average Bonchev–Trinajstić information content (AvgIpc) is 2.69. The van der Waals surface area contributed by atoms with Gasteiger partial charge in [-0.15, -0.1) is 11.3 Å². The van der Waals surface area contributed by atoms with Crippen LogP contribution in [0.25, 0.3) is 0 Å². The van der Waals surface area contributed by atoms with E-state index in [0.717, 1.165) is 0 Å². The van der Waals surface area contributed by atoms with Crippen molar-refractivity contribution < 1.29 is 14.7 Å². The Bertz CT molecular complexity index is 376. The lowest BCUT2D eigenvalue weighted by Gasteiger charge is -2.15. The van der Waals surface area contributed by atoms with Crippen LogP contribution in [0, 0.1) is 11.8 Å². The lowest BCUT2D eigenvalue weighted by molar-refractivity contribution is -0.143. The fraction of sp³-hybridized carbons (Fsp3) is 0.545. The Morgan fingerprint density at radius 3 is 2.71 bits per heavy atom. The normalized spacial score (nSPS) is 12.4. The average molecular weight is 256 g/mol. The molecule has 0 aliphatic carbocycles. The van der Waals surface area contributed by atoms with Gasteiger partial charge in [-0.25, -0.2) is 4.98 Å². The minimum absolute atomic E-state index is 0.0279. The molecule has 0 aromatic carbocycles. The summed E-state index contributed by atoms with van der Waals surface area (Å²) in [4.78, 5) is 26.4. The number of carbonyl (C=O) groups is 2. The number of anilines is 1. The molecule has 0 saturated heterocycles. The number of rotatable bonds is 6. The molecule has 17 heavy (non-hydrogen) atoms. The molecule has 0 radical (unpaired) electrons. The second kappa shape index (κ2) is 6.34. The van der Waals surface area contributed by atoms with E-state index in [1.807, 2.05) is 13.8 Å². The fourth-order valence-corrected chi connectivity index (χ4v) is 2.04. The number of carboxylic acid groups (broad SMARTS) is 1. The largest absolute Gasteiger partial charge is 0.481 e. The molecule has 1 amide bonds. The second-order valence-corrected chi connectivity index (χ2v) is 5.01. The van der Waals surface area contributed by atoms with E-state index in [1.54, 1.807) is 11.6 Å². The van der Waals surface area contributed by atoms with Crippen LogP contribution in [-0.4, -0.2) is 22.0 Å². The molecule has 1 aromatic heterocycles. The zero-order chi connectivity index (χ0) is 12.8. The van der Waals surface area contributed by atoms with Gasteiger partial charge in [0.1, 0.15) is 0 Å². The first-order valence-corrected chi connectivity index (χ1v) is 6.30. The monoisotopic (exact) mass is 256 g/mol. The van der Waals surface area contributed by atoms with Crippen molar-refractivity contribution in [2.45, 2.75) is 26.7 Å². The molecule has 1 aromatic rings. The van der Waals surface area contributed by atoms with Gasteiger partial charge in [0.25, 0.3) is 0 Å². The van der Waals surface area contributed by atoms with E-state index in [2.05, 4.69) is 10.3 Å². The van der Waals surface area contributed by atoms with Crippen molar-refractivity contribution >= 4 is 28.3 Å². The molecular formula is C11H16N2O3S. The summed E-state index contributed by atoms with van der Waals surface area (Å²) in [7, 11) is 0. The number of aliphatic carboxylic acids is 1. The number of carbonyl (C=O) groups excluding carboxylic acids is 1. The van der Waals surface area contributed by atoms with Gasteiger partial charge in [0.05, 0.1) is 5.92 Å². The Morgan fingerprint density at radius 1 is 1.53 bits per heavy atom. The van der Waals surface area contributed by atoms with Crippen molar-refractivity contribution in [1.82, 2.24) is 4.98 Å². The SMILES string of the molecule is CC(C)[C@@H](CCC(=O)Nc1nccs1)C(=O)O. The molecule has 1 rings (SSSR count). The van der Waals surface area contributed by atoms with E-state index in [4.69, 9.17) is 5.11 Å². The van der Waals surface area contributed by atoms with Crippen LogP contribution in [0.4, 0.5) is 5.13 Å². The van der Waals surface area contributed by atoms with Crippen LogP contribution < -0.4 is 5.32 Å². The van der Waals surface area contributed by atoms with Gasteiger partial charge >= 0.3 is 5.97 Å². The number of hydrogen-bond acceptors (Lipinski definition) is 4. The molecule has 0 saturated carbocycles. The van der Waals surface area contributed by atoms with Gasteiger partial charge in [0.2, 0.25) is 5.91 Å². The van der Waals surface area contributed by atoms with Gasteiger partial charge in [-0.1, -0.05) is 13.8 Å². The minimum atomic E-state index is -0.845. The Balaban J connectivity index is 2.39. The Kier molecular flexibility index (Phi) is 5.09. The van der Waals surface area contributed by atoms with Gasteiger partial charge in [0, 0.05) is 18.0 Å². The minimum Gasteiger partial charge on any atom is -0.481 e. The molecule has 94 valence electrons. The van der Waals surface area contributed by atoms with E-state index >= 15 is 0 Å². The number of aromatic nitrogens is 1. The number of nitrogens with zero attached hydrogens (tertiary/aromatic N) is 1. The van der Waals surface area contributed by atoms with Gasteiger partial charge in [-0.05, 0) is 12.3 Å². The summed E-state index contributed by atoms with van der Waals surface area (Å²) in [5.74, 6) is -1.48. The lowest BCUT2D eigenvalue weighted by Crippen LogP contribution is -2.22. The molecule has 0 unspecified atom stereocenters. The highest BCUT2D eigenvalue weighted by molar-refractivity contribution is 7.13. The molecule has 5 nitrogen and oxygen atoms in total. The zero-order valence-electron chi connectivity index (χ0n) is 9.84. The van der Waals surface area contributed by atoms with Crippen LogP contribution in [-0.2, 0) is 9.59 Å². The van der Waals surface area contributed by atoms with Crippen LogP contribution in [0.2, 0.25) is 0 Å². The third kappa shape index (κ3) is 4.52. The summed E-state index contributed by atoms with van der Waals surface area (Å²) >= 11 is 1.34. The molecule has 6 heteroatoms. The third-order valence-electron chi connectivity index (χ3n) is 2.48. The molecule has 0 aliphatic heterocycles. The Morgan fingerprint density at radius 2 is 2.24 bits per heavy atom. The molecule has 1 heterocycles. The van der Waals surface area contributed by atoms with Crippen LogP contribution in [0.1, 0.15) is 26.7 Å². The summed E-state index contributed by atoms with van der Waals surface area (Å²) in [6.07, 6.45) is 2.16. The first-order chi connectivity index (χ1) is 8.00. The van der Waals surface area contributed by atoms with E-state index < -0.39 is 11.9 Å². The standard InChI is InChI=1S/C11H16N2O3S/c1-7(2)8(10(15)16)3-4-9(14)13-11-12-5-6-17-11/h5-8H,3-4H2,1-2H3,(H,15,16)(H,12,13,14)/t8-/m1/s1. The Labute approximate surface area is 104 Å². The molecule has 0 aliphatic rings. The number of carboxylic acids is 1. The highest BCUT2D eigenvalue weighted by Gasteiger charge is 2.22. The molecule has 0 bridgehead atoms. The van der Waals surface area contributed by atoms with Crippen molar-refractivity contribution in [2.24, 2.45) is 11.8 Å². The van der Waals surface area contributed by atoms with Gasteiger partial charge in [-0.2, -0.15) is 0 Å². The highest BCUT2D eigenvalue weighted by atomic mass is 32.1. The summed E-state index contributed by atoms with van der Waals surface area (Å²) in [6, 6.07) is 0. The molecular weight excluding hydrogens is 240 g/mol. The maximum atomic E-state index is 11.5. The van der Waals surface area contributed by atoms with Gasteiger partial charge in [-0.3, -0.25) is 9.59 Å². The van der Waals surface area contributed by atoms with E-state index in [0.29, 0.717) is 11.6 Å². The first kappa shape index (κ1) is 13.6. The summed E-state index contributed by atoms with van der Waals surface area (Å²) in [5, 5.41) is 13.9. The first-order valence-electron chi connectivity index (χ1n) is 5.43. The summed E-state index contributed by atoms with van der Waals surface area (Å²) in [6.45, 7) is 3.69. The van der Waals surface area contributed by atoms with Crippen molar-refractivity contribution in [3.8, 4) is 0 Å². The predicted octanol–water partition coefficient (Wildman–Crippen LogP) is 2.22. The Hall–Kier alpha value is -1.43. The van der Waals surface area contributed by atoms with Crippen molar-refractivity contribution in [1.29, 1.82) is 0 Å². The van der Waals surface area contributed by atoms with Gasteiger partial charge in [0.15, 0.2) is 5.13 Å². The second-order valence-electron chi connectivity index (χ2n) is 4.11. The molecule has 1 atom stereocenters. The van der Waals surface area contributed by atoms with E-state index in [1.165, 1.54) is 11.3 Å². The van der Waals surface area contributed by atoms with Crippen molar-refractivity contribution in [3.05, 3.63) is 11.6 Å². The van der Waals surface area contributed by atoms with Crippen LogP contribution >= 0.6 is 11.3 Å². The number of amides is 1. The maximum Gasteiger partial charge on any atom is 0.306 e. The summed E-state index contributed by atoms with van der Waals surface area (Å²) < 4.78 is 0. The quantitative estimate of drug-likeness (QED) is 0.818. The van der Waals surface area contributed by atoms with Crippen LogP contribution in [0.15, 0.2) is 11.6 Å². The molecule has 0 fully saturated rings. The zero-order valence-corrected chi connectivity index (χ0v) is 10.7. The van der Waals surface area contributed by atoms with Crippen molar-refractivity contribution in [3.63, 3.8) is 0 Å². The lowest BCUT2D eigenvalue weighted by atomic mass is 9.91. The van der Waals surface area contributed by atoms with Gasteiger partial charge < -0.3 is 10.4 Å². The molecule has 2 N–H and O–H groups in total. The van der Waals surface area contributed by atoms with E-state index in [9.17, 15) is 9.59 Å². The fourth-order valence-electron chi connectivity index (χ4n) is 1.50. The number of nitrogens with one attached hydrogen (secondary N) is 1. The summed E-state index contributed by atoms with van der Waals surface area (Å²) in [5.41, 5.74) is 0. The van der Waals surface area contributed by atoms with Crippen LogP contribution in [0.5, 0.6) is 0 Å². The maximum absolute atomic E-state index is 11.5. The van der Waals surface area contributed by atoms with Crippen LogP contribution in [0.3, 0.4) is 0 Å². The molecule has 0 spiro atoms. The third-order valence-corrected chi connectivity index (χ3v) is 3.17. The topological polar surface area (TPSA) is 79.3 Å². The number of thiazole rings is 1. The highest BCUT2D eigenvalue weighted by Crippen LogP contribution is 2.18. The predicted molar refractivity (Wildman–Crippen MR) is 65.9 cm³/mol. The van der Waals surface area contributed by atoms with E-state index in [-0.39, 0.29) is 18.2 Å². The van der Waals surface area contributed by atoms with Crippen molar-refractivity contribution in [2.75, 3.05) is 5.32 Å². The number of hydrogen-bond donors (Lipinski definition) is 2.